The van der Waals surface area contributed by atoms with E-state index in [1.807, 2.05) is 18.2 Å². The van der Waals surface area contributed by atoms with Gasteiger partial charge >= 0.3 is 12.1 Å². The molecule has 6 heteroatoms. The third-order valence-electron chi connectivity index (χ3n) is 3.60. The van der Waals surface area contributed by atoms with Crippen LogP contribution in [0.3, 0.4) is 0 Å². The molecule has 0 aliphatic carbocycles. The largest absolute Gasteiger partial charge is 0.458 e. The molecule has 1 atom stereocenters. The number of alkyl carbamates (subject to hydrolysis) is 1. The summed E-state index contributed by atoms with van der Waals surface area (Å²) in [5.74, 6) is -0.257. The van der Waals surface area contributed by atoms with Gasteiger partial charge in [-0.1, -0.05) is 19.9 Å². The summed E-state index contributed by atoms with van der Waals surface area (Å²) in [6, 6.07) is 4.75. The van der Waals surface area contributed by atoms with Crippen molar-refractivity contribution in [2.24, 2.45) is 0 Å². The lowest BCUT2D eigenvalue weighted by molar-refractivity contribution is -0.157. The summed E-state index contributed by atoms with van der Waals surface area (Å²) in [4.78, 5) is 25.0. The standard InChI is InChI=1S/C21H34N2O4/c1-13(2)16-10-9-15(22)11-14(16)12-17(18(24)26-20(3,4)5)23-19(25)27-21(6,7)8/h9-11,13,17H,12,22H2,1-8H3,(H,23,25). The maximum Gasteiger partial charge on any atom is 0.408 e. The normalized spacial score (nSPS) is 13.2. The lowest BCUT2D eigenvalue weighted by Gasteiger charge is -2.27. The van der Waals surface area contributed by atoms with E-state index in [9.17, 15) is 9.59 Å². The zero-order chi connectivity index (χ0) is 21.0. The zero-order valence-electron chi connectivity index (χ0n) is 17.8. The van der Waals surface area contributed by atoms with E-state index in [1.54, 1.807) is 41.5 Å². The van der Waals surface area contributed by atoms with Crippen molar-refractivity contribution in [2.75, 3.05) is 5.73 Å². The Morgan fingerprint density at radius 2 is 1.59 bits per heavy atom. The molecular formula is C21H34N2O4. The maximum atomic E-state index is 12.7. The van der Waals surface area contributed by atoms with E-state index >= 15 is 0 Å². The fourth-order valence-electron chi connectivity index (χ4n) is 2.60. The lowest BCUT2D eigenvalue weighted by Crippen LogP contribution is -2.47. The molecule has 0 bridgehead atoms. The molecule has 0 radical (unpaired) electrons. The van der Waals surface area contributed by atoms with Gasteiger partial charge in [0.05, 0.1) is 0 Å². The number of esters is 1. The molecule has 0 aliphatic rings. The van der Waals surface area contributed by atoms with Crippen LogP contribution in [0.2, 0.25) is 0 Å². The quantitative estimate of drug-likeness (QED) is 0.593. The molecule has 0 spiro atoms. The predicted octanol–water partition coefficient (Wildman–Crippen LogP) is 4.17. The second-order valence-electron chi connectivity index (χ2n) is 9.05. The third kappa shape index (κ3) is 8.33. The molecular weight excluding hydrogens is 344 g/mol. The molecule has 1 aromatic rings. The summed E-state index contributed by atoms with van der Waals surface area (Å²) in [6.45, 7) is 14.8. The van der Waals surface area contributed by atoms with Gasteiger partial charge in [0.25, 0.3) is 0 Å². The van der Waals surface area contributed by atoms with Crippen LogP contribution in [0.5, 0.6) is 0 Å². The number of hydrogen-bond donors (Lipinski definition) is 2. The summed E-state index contributed by atoms with van der Waals surface area (Å²) in [7, 11) is 0. The first-order valence-corrected chi connectivity index (χ1v) is 9.28. The Bertz CT molecular complexity index is 670. The molecule has 0 aromatic heterocycles. The smallest absolute Gasteiger partial charge is 0.408 e. The van der Waals surface area contributed by atoms with Crippen molar-refractivity contribution in [3.63, 3.8) is 0 Å². The van der Waals surface area contributed by atoms with Gasteiger partial charge < -0.3 is 20.5 Å². The van der Waals surface area contributed by atoms with Gasteiger partial charge in [-0.3, -0.25) is 0 Å². The van der Waals surface area contributed by atoms with Crippen molar-refractivity contribution in [3.05, 3.63) is 29.3 Å². The second kappa shape index (κ2) is 8.63. The average Bonchev–Trinajstić information content (AvgIpc) is 2.42. The van der Waals surface area contributed by atoms with Crippen LogP contribution in [0.1, 0.15) is 72.4 Å². The summed E-state index contributed by atoms with van der Waals surface area (Å²) < 4.78 is 10.8. The highest BCUT2D eigenvalue weighted by atomic mass is 16.6. The monoisotopic (exact) mass is 378 g/mol. The number of benzene rings is 1. The van der Waals surface area contributed by atoms with Crippen molar-refractivity contribution in [1.29, 1.82) is 0 Å². The van der Waals surface area contributed by atoms with Gasteiger partial charge in [-0.25, -0.2) is 9.59 Å². The van der Waals surface area contributed by atoms with Gasteiger partial charge in [0.2, 0.25) is 0 Å². The van der Waals surface area contributed by atoms with Crippen molar-refractivity contribution in [3.8, 4) is 0 Å². The van der Waals surface area contributed by atoms with Gasteiger partial charge in [-0.15, -0.1) is 0 Å². The van der Waals surface area contributed by atoms with Crippen LogP contribution < -0.4 is 11.1 Å². The number of carbonyl (C=O) groups is 2. The van der Waals surface area contributed by atoms with Gasteiger partial charge in [0, 0.05) is 12.1 Å². The van der Waals surface area contributed by atoms with Crippen molar-refractivity contribution in [2.45, 2.75) is 85.0 Å². The molecule has 3 N–H and O–H groups in total. The van der Waals surface area contributed by atoms with Gasteiger partial charge in [-0.05, 0) is 70.7 Å². The zero-order valence-corrected chi connectivity index (χ0v) is 17.8. The van der Waals surface area contributed by atoms with Crippen molar-refractivity contribution in [1.82, 2.24) is 5.32 Å². The Labute approximate surface area is 162 Å². The minimum Gasteiger partial charge on any atom is -0.458 e. The molecule has 27 heavy (non-hydrogen) atoms. The molecule has 0 saturated heterocycles. The highest BCUT2D eigenvalue weighted by Gasteiger charge is 2.29. The van der Waals surface area contributed by atoms with Crippen LogP contribution in [-0.4, -0.2) is 29.3 Å². The van der Waals surface area contributed by atoms with Crippen molar-refractivity contribution >= 4 is 17.7 Å². The number of amides is 1. The number of rotatable bonds is 5. The number of carbonyl (C=O) groups excluding carboxylic acids is 2. The van der Waals surface area contributed by atoms with E-state index in [-0.39, 0.29) is 12.3 Å². The Morgan fingerprint density at radius 3 is 2.07 bits per heavy atom. The first-order valence-electron chi connectivity index (χ1n) is 9.28. The molecule has 0 saturated carbocycles. The van der Waals surface area contributed by atoms with E-state index < -0.39 is 29.3 Å². The van der Waals surface area contributed by atoms with Gasteiger partial charge in [0.1, 0.15) is 17.2 Å². The summed E-state index contributed by atoms with van der Waals surface area (Å²) in [5.41, 5.74) is 7.19. The van der Waals surface area contributed by atoms with Gasteiger partial charge in [0.15, 0.2) is 0 Å². The molecule has 152 valence electrons. The average molecular weight is 379 g/mol. The number of nitrogens with one attached hydrogen (secondary N) is 1. The number of nitrogens with two attached hydrogens (primary N) is 1. The Balaban J connectivity index is 3.13. The van der Waals surface area contributed by atoms with Crippen LogP contribution in [0.4, 0.5) is 10.5 Å². The number of nitrogen functional groups attached to an aromatic ring is 1. The maximum absolute atomic E-state index is 12.7. The predicted molar refractivity (Wildman–Crippen MR) is 108 cm³/mol. The first-order chi connectivity index (χ1) is 12.2. The Kier molecular flexibility index (Phi) is 7.29. The molecule has 0 aliphatic heterocycles. The first kappa shape index (κ1) is 22.8. The second-order valence-corrected chi connectivity index (χ2v) is 9.05. The van der Waals surface area contributed by atoms with Crippen LogP contribution >= 0.6 is 0 Å². The number of hydrogen-bond acceptors (Lipinski definition) is 5. The summed E-state index contributed by atoms with van der Waals surface area (Å²) in [5, 5.41) is 2.65. The Morgan fingerprint density at radius 1 is 1.04 bits per heavy atom. The lowest BCUT2D eigenvalue weighted by atomic mass is 9.92. The van der Waals surface area contributed by atoms with Crippen LogP contribution in [-0.2, 0) is 20.7 Å². The van der Waals surface area contributed by atoms with Crippen LogP contribution in [0, 0.1) is 0 Å². The van der Waals surface area contributed by atoms with E-state index in [1.165, 1.54) is 0 Å². The van der Waals surface area contributed by atoms with E-state index in [2.05, 4.69) is 19.2 Å². The van der Waals surface area contributed by atoms with Crippen LogP contribution in [0.25, 0.3) is 0 Å². The molecule has 1 rings (SSSR count). The molecule has 0 heterocycles. The van der Waals surface area contributed by atoms with Gasteiger partial charge in [-0.2, -0.15) is 0 Å². The highest BCUT2D eigenvalue weighted by molar-refractivity contribution is 5.82. The van der Waals surface area contributed by atoms with Crippen molar-refractivity contribution < 1.29 is 19.1 Å². The molecule has 6 nitrogen and oxygen atoms in total. The van der Waals surface area contributed by atoms with E-state index in [4.69, 9.17) is 15.2 Å². The Hall–Kier alpha value is -2.24. The SMILES string of the molecule is CC(C)c1ccc(N)cc1CC(NC(=O)OC(C)(C)C)C(=O)OC(C)(C)C. The molecule has 0 fully saturated rings. The minimum atomic E-state index is -0.877. The molecule has 1 aromatic carbocycles. The van der Waals surface area contributed by atoms with E-state index in [0.29, 0.717) is 5.69 Å². The summed E-state index contributed by atoms with van der Waals surface area (Å²) in [6.07, 6.45) is -0.388. The third-order valence-corrected chi connectivity index (χ3v) is 3.60. The van der Waals surface area contributed by atoms with E-state index in [0.717, 1.165) is 11.1 Å². The topological polar surface area (TPSA) is 90.6 Å². The number of anilines is 1. The minimum absolute atomic E-state index is 0.251. The number of ether oxygens (including phenoxy) is 2. The molecule has 1 amide bonds. The fourth-order valence-corrected chi connectivity index (χ4v) is 2.60. The summed E-state index contributed by atoms with van der Waals surface area (Å²) >= 11 is 0. The molecule has 1 unspecified atom stereocenters. The fraction of sp³-hybridized carbons (Fsp3) is 0.619. The van der Waals surface area contributed by atoms with Crippen LogP contribution in [0.15, 0.2) is 18.2 Å². The highest BCUT2D eigenvalue weighted by Crippen LogP contribution is 2.24.